The van der Waals surface area contributed by atoms with Crippen LogP contribution in [0, 0.1) is 13.8 Å². The van der Waals surface area contributed by atoms with Gasteiger partial charge >= 0.3 is 0 Å². The van der Waals surface area contributed by atoms with E-state index in [1.54, 1.807) is 7.11 Å². The first-order valence-corrected chi connectivity index (χ1v) is 6.17. The second kappa shape index (κ2) is 4.76. The van der Waals surface area contributed by atoms with Gasteiger partial charge in [0.1, 0.15) is 5.75 Å². The lowest BCUT2D eigenvalue weighted by Gasteiger charge is -2.23. The molecule has 0 atom stereocenters. The third kappa shape index (κ3) is 2.98. The second-order valence-electron chi connectivity index (χ2n) is 5.00. The lowest BCUT2D eigenvalue weighted by molar-refractivity contribution is 0.398. The average molecular weight is 286 g/mol. The molecule has 0 saturated carbocycles. The fourth-order valence-corrected chi connectivity index (χ4v) is 2.36. The van der Waals surface area contributed by atoms with Gasteiger partial charge in [-0.05, 0) is 45.2 Å². The van der Waals surface area contributed by atoms with Gasteiger partial charge in [0, 0.05) is 15.6 Å². The van der Waals surface area contributed by atoms with Crippen LogP contribution in [-0.4, -0.2) is 12.6 Å². The van der Waals surface area contributed by atoms with Gasteiger partial charge < -0.3 is 10.5 Å². The molecule has 2 nitrogen and oxygen atoms in total. The van der Waals surface area contributed by atoms with Crippen LogP contribution in [0.15, 0.2) is 10.5 Å². The molecule has 16 heavy (non-hydrogen) atoms. The molecule has 0 spiro atoms. The maximum atomic E-state index is 6.08. The molecule has 1 aromatic rings. The summed E-state index contributed by atoms with van der Waals surface area (Å²) in [5.41, 5.74) is 9.38. The summed E-state index contributed by atoms with van der Waals surface area (Å²) in [5.74, 6) is 0.941. The Hall–Kier alpha value is -0.540. The summed E-state index contributed by atoms with van der Waals surface area (Å²) in [5, 5.41) is 0. The normalized spacial score (nSPS) is 11.7. The summed E-state index contributed by atoms with van der Waals surface area (Å²) in [6, 6.07) is 2.12. The highest BCUT2D eigenvalue weighted by atomic mass is 79.9. The Morgan fingerprint density at radius 3 is 2.31 bits per heavy atom. The van der Waals surface area contributed by atoms with E-state index < -0.39 is 0 Å². The smallest absolute Gasteiger partial charge is 0.126 e. The van der Waals surface area contributed by atoms with E-state index in [0.717, 1.165) is 27.8 Å². The Morgan fingerprint density at radius 1 is 1.31 bits per heavy atom. The molecule has 2 N–H and O–H groups in total. The molecule has 0 fully saturated rings. The van der Waals surface area contributed by atoms with Crippen molar-refractivity contribution in [2.75, 3.05) is 7.11 Å². The maximum absolute atomic E-state index is 6.08. The van der Waals surface area contributed by atoms with Crippen molar-refractivity contribution in [1.29, 1.82) is 0 Å². The van der Waals surface area contributed by atoms with E-state index in [0.29, 0.717) is 0 Å². The third-order valence-electron chi connectivity index (χ3n) is 2.51. The predicted molar refractivity (Wildman–Crippen MR) is 72.1 cm³/mol. The van der Waals surface area contributed by atoms with Crippen molar-refractivity contribution in [2.45, 2.75) is 39.7 Å². The Kier molecular flexibility index (Phi) is 4.02. The summed E-state index contributed by atoms with van der Waals surface area (Å²) < 4.78 is 6.58. The molecule has 0 saturated heterocycles. The van der Waals surface area contributed by atoms with E-state index >= 15 is 0 Å². The van der Waals surface area contributed by atoms with Gasteiger partial charge in [0.25, 0.3) is 0 Å². The van der Waals surface area contributed by atoms with Gasteiger partial charge in [-0.15, -0.1) is 0 Å². The molecule has 0 aliphatic heterocycles. The first-order valence-electron chi connectivity index (χ1n) is 5.37. The van der Waals surface area contributed by atoms with Crippen molar-refractivity contribution in [3.63, 3.8) is 0 Å². The van der Waals surface area contributed by atoms with Crippen LogP contribution in [0.1, 0.15) is 30.5 Å². The van der Waals surface area contributed by atoms with Crippen LogP contribution in [0.3, 0.4) is 0 Å². The second-order valence-corrected chi connectivity index (χ2v) is 5.79. The monoisotopic (exact) mass is 285 g/mol. The molecule has 0 aliphatic carbocycles. The highest BCUT2D eigenvalue weighted by Gasteiger charge is 2.20. The predicted octanol–water partition coefficient (Wildman–Crippen LogP) is 3.35. The number of nitrogens with two attached hydrogens (primary N) is 1. The molecule has 0 aromatic heterocycles. The Bertz CT molecular complexity index is 394. The molecule has 0 unspecified atom stereocenters. The SMILES string of the molecule is COc1c(C)cc(C)c(Br)c1CC(C)(C)N. The first kappa shape index (κ1) is 13.5. The molecule has 1 aromatic carbocycles. The summed E-state index contributed by atoms with van der Waals surface area (Å²) in [7, 11) is 1.71. The summed E-state index contributed by atoms with van der Waals surface area (Å²) in [6.07, 6.45) is 0.791. The lowest BCUT2D eigenvalue weighted by atomic mass is 9.93. The fraction of sp³-hybridized carbons (Fsp3) is 0.538. The zero-order valence-corrected chi connectivity index (χ0v) is 12.2. The maximum Gasteiger partial charge on any atom is 0.126 e. The molecule has 90 valence electrons. The largest absolute Gasteiger partial charge is 0.496 e. The van der Waals surface area contributed by atoms with Gasteiger partial charge in [0.2, 0.25) is 0 Å². The lowest BCUT2D eigenvalue weighted by Crippen LogP contribution is -2.34. The molecule has 1 rings (SSSR count). The first-order chi connectivity index (χ1) is 7.26. The van der Waals surface area contributed by atoms with Crippen LogP contribution in [0.2, 0.25) is 0 Å². The standard InChI is InChI=1S/C13H20BrNO/c1-8-6-9(2)12(16-5)10(11(8)14)7-13(3,4)15/h6H,7,15H2,1-5H3. The minimum Gasteiger partial charge on any atom is -0.496 e. The van der Waals surface area contributed by atoms with Crippen LogP contribution in [0.5, 0.6) is 5.75 Å². The summed E-state index contributed by atoms with van der Waals surface area (Å²) in [6.45, 7) is 8.20. The number of hydrogen-bond donors (Lipinski definition) is 1. The number of rotatable bonds is 3. The van der Waals surface area contributed by atoms with Crippen molar-refractivity contribution in [3.8, 4) is 5.75 Å². The van der Waals surface area contributed by atoms with Crippen LogP contribution >= 0.6 is 15.9 Å². The van der Waals surface area contributed by atoms with Crippen LogP contribution in [-0.2, 0) is 6.42 Å². The molecule has 0 bridgehead atoms. The van der Waals surface area contributed by atoms with Gasteiger partial charge in [0.15, 0.2) is 0 Å². The topological polar surface area (TPSA) is 35.2 Å². The molecule has 0 aliphatic rings. The summed E-state index contributed by atoms with van der Waals surface area (Å²) >= 11 is 3.62. The van der Waals surface area contributed by atoms with Crippen LogP contribution in [0.25, 0.3) is 0 Å². The Morgan fingerprint density at radius 2 is 1.88 bits per heavy atom. The number of aryl methyl sites for hydroxylation is 2. The Labute approximate surface area is 106 Å². The third-order valence-corrected chi connectivity index (χ3v) is 3.62. The number of hydrogen-bond acceptors (Lipinski definition) is 2. The molecular weight excluding hydrogens is 266 g/mol. The van der Waals surface area contributed by atoms with Crippen molar-refractivity contribution in [1.82, 2.24) is 0 Å². The quantitative estimate of drug-likeness (QED) is 0.924. The van der Waals surface area contributed by atoms with Crippen molar-refractivity contribution >= 4 is 15.9 Å². The van der Waals surface area contributed by atoms with Gasteiger partial charge in [-0.25, -0.2) is 0 Å². The van der Waals surface area contributed by atoms with Gasteiger partial charge in [-0.3, -0.25) is 0 Å². The molecule has 0 heterocycles. The molecule has 0 radical (unpaired) electrons. The minimum atomic E-state index is -0.240. The highest BCUT2D eigenvalue weighted by Crippen LogP contribution is 2.35. The minimum absolute atomic E-state index is 0.240. The number of ether oxygens (including phenoxy) is 1. The number of benzene rings is 1. The van der Waals surface area contributed by atoms with E-state index in [-0.39, 0.29) is 5.54 Å². The van der Waals surface area contributed by atoms with Crippen LogP contribution in [0.4, 0.5) is 0 Å². The van der Waals surface area contributed by atoms with E-state index in [1.165, 1.54) is 5.56 Å². The molecular formula is C13H20BrNO. The van der Waals surface area contributed by atoms with Gasteiger partial charge in [-0.2, -0.15) is 0 Å². The van der Waals surface area contributed by atoms with Crippen molar-refractivity contribution < 1.29 is 4.74 Å². The van der Waals surface area contributed by atoms with Crippen molar-refractivity contribution in [3.05, 3.63) is 27.2 Å². The summed E-state index contributed by atoms with van der Waals surface area (Å²) in [4.78, 5) is 0. The van der Waals surface area contributed by atoms with Crippen LogP contribution < -0.4 is 10.5 Å². The van der Waals surface area contributed by atoms with E-state index in [9.17, 15) is 0 Å². The van der Waals surface area contributed by atoms with Gasteiger partial charge in [0.05, 0.1) is 7.11 Å². The van der Waals surface area contributed by atoms with E-state index in [2.05, 4.69) is 35.8 Å². The number of halogens is 1. The average Bonchev–Trinajstić information content (AvgIpc) is 2.12. The van der Waals surface area contributed by atoms with Crippen molar-refractivity contribution in [2.24, 2.45) is 5.73 Å². The number of methoxy groups -OCH3 is 1. The highest BCUT2D eigenvalue weighted by molar-refractivity contribution is 9.10. The van der Waals surface area contributed by atoms with E-state index in [1.807, 2.05) is 13.8 Å². The van der Waals surface area contributed by atoms with E-state index in [4.69, 9.17) is 10.5 Å². The Balaban J connectivity index is 3.33. The molecule has 0 amide bonds. The zero-order chi connectivity index (χ0) is 12.5. The fourth-order valence-electron chi connectivity index (χ4n) is 1.93. The van der Waals surface area contributed by atoms with Gasteiger partial charge in [-0.1, -0.05) is 22.0 Å². The molecule has 3 heteroatoms. The zero-order valence-electron chi connectivity index (χ0n) is 10.6.